The molecule has 0 saturated heterocycles. The maximum Gasteiger partial charge on any atom is 0.416 e. The van der Waals surface area contributed by atoms with Crippen molar-refractivity contribution in [1.29, 1.82) is 0 Å². The predicted molar refractivity (Wildman–Crippen MR) is 147 cm³/mol. The van der Waals surface area contributed by atoms with Gasteiger partial charge < -0.3 is 9.47 Å². The van der Waals surface area contributed by atoms with Gasteiger partial charge in [0.25, 0.3) is 5.91 Å². The summed E-state index contributed by atoms with van der Waals surface area (Å²) in [7, 11) is 0. The van der Waals surface area contributed by atoms with E-state index in [0.717, 1.165) is 10.6 Å². The smallest absolute Gasteiger partial charge is 0.326 e. The van der Waals surface area contributed by atoms with Crippen molar-refractivity contribution in [3.8, 4) is 5.69 Å². The van der Waals surface area contributed by atoms with Gasteiger partial charge in [-0.05, 0) is 73.0 Å². The van der Waals surface area contributed by atoms with Crippen molar-refractivity contribution >= 4 is 29.1 Å². The highest BCUT2D eigenvalue weighted by molar-refractivity contribution is 6.30. The van der Waals surface area contributed by atoms with Gasteiger partial charge in [-0.1, -0.05) is 35.9 Å². The molecule has 0 spiro atoms. The Labute approximate surface area is 246 Å². The van der Waals surface area contributed by atoms with Gasteiger partial charge in [0.1, 0.15) is 12.6 Å². The monoisotopic (exact) mass is 617 g/mol. The third-order valence-corrected chi connectivity index (χ3v) is 7.81. The normalized spacial score (nSPS) is 16.4. The molecular weight excluding hydrogens is 596 g/mol. The van der Waals surface area contributed by atoms with E-state index >= 15 is 0 Å². The third-order valence-electron chi connectivity index (χ3n) is 7.56. The van der Waals surface area contributed by atoms with Crippen LogP contribution in [0.25, 0.3) is 5.69 Å². The van der Waals surface area contributed by atoms with E-state index in [1.807, 2.05) is 29.0 Å². The Morgan fingerprint density at radius 1 is 0.814 bits per heavy atom. The fourth-order valence-corrected chi connectivity index (χ4v) is 5.57. The van der Waals surface area contributed by atoms with Crippen molar-refractivity contribution in [3.05, 3.63) is 118 Å². The number of aromatic nitrogens is 1. The number of anilines is 1. The molecule has 1 atom stereocenters. The number of carbonyl (C=O) groups excluding carboxylic acids is 2. The fraction of sp³-hybridized carbons (Fsp3) is 0.226. The zero-order valence-corrected chi connectivity index (χ0v) is 22.9. The minimum Gasteiger partial charge on any atom is -0.326 e. The van der Waals surface area contributed by atoms with Gasteiger partial charge in [0, 0.05) is 22.8 Å². The van der Waals surface area contributed by atoms with Gasteiger partial charge in [0.2, 0.25) is 5.91 Å². The van der Waals surface area contributed by atoms with Gasteiger partial charge in [0.05, 0.1) is 28.2 Å². The molecule has 1 aliphatic heterocycles. The second kappa shape index (κ2) is 10.5. The Hall–Kier alpha value is -4.25. The first-order chi connectivity index (χ1) is 20.3. The van der Waals surface area contributed by atoms with Gasteiger partial charge >= 0.3 is 12.4 Å². The van der Waals surface area contributed by atoms with Crippen LogP contribution in [-0.4, -0.2) is 33.9 Å². The number of rotatable bonds is 5. The number of hydrogen-bond donors (Lipinski definition) is 0. The predicted octanol–water partition coefficient (Wildman–Crippen LogP) is 7.91. The summed E-state index contributed by atoms with van der Waals surface area (Å²) in [6.07, 6.45) is -7.46. The summed E-state index contributed by atoms with van der Waals surface area (Å²) in [6.45, 7) is -0.555. The van der Waals surface area contributed by atoms with Crippen LogP contribution in [0.3, 0.4) is 0 Å². The molecule has 2 aliphatic rings. The molecule has 6 rings (SSSR count). The minimum absolute atomic E-state index is 0.0279. The summed E-state index contributed by atoms with van der Waals surface area (Å²) in [6, 6.07) is 17.3. The lowest BCUT2D eigenvalue weighted by molar-refractivity contribution is -0.143. The van der Waals surface area contributed by atoms with E-state index in [1.165, 1.54) is 4.90 Å². The molecule has 1 aromatic heterocycles. The number of hydrogen-bond acceptors (Lipinski definition) is 2. The van der Waals surface area contributed by atoms with Crippen molar-refractivity contribution < 1.29 is 35.9 Å². The Kier molecular flexibility index (Phi) is 7.03. The number of halogens is 7. The Balaban J connectivity index is 1.40. The van der Waals surface area contributed by atoms with Crippen molar-refractivity contribution in [2.75, 3.05) is 11.4 Å². The minimum atomic E-state index is -5.12. The van der Waals surface area contributed by atoms with Crippen LogP contribution in [0, 0.1) is 0 Å². The molecule has 5 nitrogen and oxygen atoms in total. The Bertz CT molecular complexity index is 1680. The average molecular weight is 618 g/mol. The molecule has 2 heterocycles. The summed E-state index contributed by atoms with van der Waals surface area (Å²) in [4.78, 5) is 30.4. The van der Waals surface area contributed by atoms with Gasteiger partial charge in [-0.2, -0.15) is 26.3 Å². The van der Waals surface area contributed by atoms with Crippen LogP contribution in [0.1, 0.15) is 51.6 Å². The van der Waals surface area contributed by atoms with Crippen LogP contribution in [0.15, 0.2) is 85.1 Å². The molecular formula is C31H22ClF6N3O2. The van der Waals surface area contributed by atoms with Crippen LogP contribution in [0.5, 0.6) is 0 Å². The summed E-state index contributed by atoms with van der Waals surface area (Å²) in [5.41, 5.74) is -1.31. The van der Waals surface area contributed by atoms with E-state index in [-0.39, 0.29) is 6.07 Å². The first-order valence-electron chi connectivity index (χ1n) is 13.3. The topological polar surface area (TPSA) is 45.6 Å². The summed E-state index contributed by atoms with van der Waals surface area (Å²) < 4.78 is 83.1. The van der Waals surface area contributed by atoms with Crippen molar-refractivity contribution in [2.24, 2.45) is 0 Å². The van der Waals surface area contributed by atoms with Gasteiger partial charge in [-0.25, -0.2) is 0 Å². The zero-order chi connectivity index (χ0) is 30.7. The first-order valence-corrected chi connectivity index (χ1v) is 13.7. The highest BCUT2D eigenvalue weighted by Crippen LogP contribution is 2.43. The third kappa shape index (κ3) is 5.49. The molecule has 12 heteroatoms. The van der Waals surface area contributed by atoms with Crippen LogP contribution < -0.4 is 4.90 Å². The molecule has 0 radical (unpaired) electrons. The molecule has 1 fully saturated rings. The number of benzene rings is 3. The number of nitrogens with zero attached hydrogens (tertiary/aromatic N) is 3. The fourth-order valence-electron chi connectivity index (χ4n) is 5.44. The highest BCUT2D eigenvalue weighted by atomic mass is 35.5. The molecule has 0 N–H and O–H groups in total. The molecule has 4 aromatic rings. The largest absolute Gasteiger partial charge is 0.416 e. The van der Waals surface area contributed by atoms with Crippen LogP contribution in [-0.2, 0) is 17.1 Å². The Morgan fingerprint density at radius 3 is 2.00 bits per heavy atom. The molecule has 3 aromatic carbocycles. The molecule has 222 valence electrons. The van der Waals surface area contributed by atoms with Crippen LogP contribution in [0.2, 0.25) is 5.02 Å². The quantitative estimate of drug-likeness (QED) is 0.214. The summed E-state index contributed by atoms with van der Waals surface area (Å²) >= 11 is 6.12. The summed E-state index contributed by atoms with van der Waals surface area (Å²) in [5.74, 6) is -1.63. The van der Waals surface area contributed by atoms with Gasteiger partial charge in [-0.3, -0.25) is 14.5 Å². The van der Waals surface area contributed by atoms with Crippen molar-refractivity contribution in [1.82, 2.24) is 9.47 Å². The second-order valence-electron chi connectivity index (χ2n) is 10.5. The van der Waals surface area contributed by atoms with Crippen molar-refractivity contribution in [3.63, 3.8) is 0 Å². The molecule has 43 heavy (non-hydrogen) atoms. The van der Waals surface area contributed by atoms with E-state index in [9.17, 15) is 35.9 Å². The number of fused-ring (bicyclic) bond motifs is 3. The second-order valence-corrected chi connectivity index (χ2v) is 10.9. The lowest BCUT2D eigenvalue weighted by Crippen LogP contribution is -2.47. The van der Waals surface area contributed by atoms with E-state index in [4.69, 9.17) is 11.6 Å². The number of amides is 2. The van der Waals surface area contributed by atoms with Gasteiger partial charge in [0.15, 0.2) is 0 Å². The zero-order valence-electron chi connectivity index (χ0n) is 22.2. The maximum absolute atomic E-state index is 14.2. The van der Waals surface area contributed by atoms with Gasteiger partial charge in [-0.15, -0.1) is 0 Å². The summed E-state index contributed by atoms with van der Waals surface area (Å²) in [5, 5.41) is 0.484. The lowest BCUT2D eigenvalue weighted by atomic mass is 9.97. The number of alkyl halides is 6. The SMILES string of the molecule is O=C(c1cc(C(F)(F)F)cc(C(F)(F)F)c1)N(CC(=O)N1c2ccccc2-n2cccc2C1c1ccc(Cl)cc1)C1CC1. The van der Waals surface area contributed by atoms with E-state index in [1.54, 1.807) is 42.5 Å². The molecule has 0 bridgehead atoms. The van der Waals surface area contributed by atoms with Crippen molar-refractivity contribution in [2.45, 2.75) is 37.3 Å². The van der Waals surface area contributed by atoms with E-state index < -0.39 is 59.5 Å². The number of carbonyl (C=O) groups is 2. The maximum atomic E-state index is 14.2. The average Bonchev–Trinajstić information content (AvgIpc) is 3.69. The van der Waals surface area contributed by atoms with Crippen LogP contribution in [0.4, 0.5) is 32.0 Å². The van der Waals surface area contributed by atoms with Crippen LogP contribution >= 0.6 is 11.6 Å². The highest BCUT2D eigenvalue weighted by Gasteiger charge is 2.42. The van der Waals surface area contributed by atoms with E-state index in [2.05, 4.69) is 0 Å². The standard InChI is InChI=1S/C31H22ClF6N3O2/c32-22-9-7-18(8-10-22)28-26-6-3-13-39(26)24-4-1-2-5-25(24)41(28)27(42)17-40(23-11-12-23)29(43)19-14-20(30(33,34)35)16-21(15-19)31(36,37)38/h1-10,13-16,23,28H,11-12,17H2. The molecule has 2 amide bonds. The first kappa shape index (κ1) is 28.9. The molecule has 1 unspecified atom stereocenters. The number of para-hydroxylation sites is 2. The lowest BCUT2D eigenvalue weighted by Gasteiger charge is -2.39. The molecule has 1 aliphatic carbocycles. The Morgan fingerprint density at radius 2 is 1.42 bits per heavy atom. The van der Waals surface area contributed by atoms with E-state index in [0.29, 0.717) is 46.9 Å². The molecule has 1 saturated carbocycles.